The molecular formula is C8H14ClN5O. The zero-order valence-corrected chi connectivity index (χ0v) is 9.38. The average Bonchev–Trinajstić information content (AvgIpc) is 2.27. The van der Waals surface area contributed by atoms with E-state index < -0.39 is 0 Å². The van der Waals surface area contributed by atoms with Gasteiger partial charge >= 0.3 is 0 Å². The predicted octanol–water partition coefficient (Wildman–Crippen LogP) is 0.862. The van der Waals surface area contributed by atoms with Crippen molar-refractivity contribution < 1.29 is 4.74 Å². The number of anilines is 2. The molecule has 0 aliphatic heterocycles. The third-order valence-electron chi connectivity index (χ3n) is 1.83. The highest BCUT2D eigenvalue weighted by Crippen LogP contribution is 2.18. The average molecular weight is 232 g/mol. The maximum atomic E-state index is 5.88. The Morgan fingerprint density at radius 3 is 3.00 bits per heavy atom. The minimum atomic E-state index is 0.0744. The molecule has 0 amide bonds. The van der Waals surface area contributed by atoms with Gasteiger partial charge < -0.3 is 10.1 Å². The van der Waals surface area contributed by atoms with Crippen LogP contribution in [0.5, 0.6) is 0 Å². The normalized spacial score (nSPS) is 12.3. The Labute approximate surface area is 93.2 Å². The Morgan fingerprint density at radius 1 is 1.67 bits per heavy atom. The van der Waals surface area contributed by atoms with E-state index in [1.54, 1.807) is 7.11 Å². The number of nitrogen functional groups attached to an aromatic ring is 1. The molecule has 4 N–H and O–H groups in total. The number of methoxy groups -OCH3 is 1. The molecule has 0 radical (unpaired) electrons. The number of hydrogen-bond acceptors (Lipinski definition) is 6. The van der Waals surface area contributed by atoms with Gasteiger partial charge in [-0.2, -0.15) is 4.98 Å². The second-order valence-corrected chi connectivity index (χ2v) is 3.37. The summed E-state index contributed by atoms with van der Waals surface area (Å²) in [6, 6.07) is 0. The molecule has 1 aromatic rings. The number of nitrogens with one attached hydrogen (secondary N) is 2. The molecule has 0 aromatic carbocycles. The van der Waals surface area contributed by atoms with Gasteiger partial charge in [0.15, 0.2) is 5.82 Å². The first-order chi connectivity index (χ1) is 7.17. The number of halogens is 1. The summed E-state index contributed by atoms with van der Waals surface area (Å²) < 4.78 is 5.08. The van der Waals surface area contributed by atoms with Crippen LogP contribution in [0.3, 0.4) is 0 Å². The lowest BCUT2D eigenvalue weighted by molar-refractivity contribution is 0.128. The molecule has 0 saturated heterocycles. The Bertz CT molecular complexity index is 322. The number of nitrogens with zero attached hydrogens (tertiary/aromatic N) is 2. The van der Waals surface area contributed by atoms with Gasteiger partial charge in [-0.15, -0.1) is 0 Å². The van der Waals surface area contributed by atoms with Crippen LogP contribution in [0, 0.1) is 0 Å². The Hall–Kier alpha value is -1.11. The number of hydrogen-bond donors (Lipinski definition) is 3. The van der Waals surface area contributed by atoms with E-state index in [9.17, 15) is 0 Å². The molecule has 0 aliphatic rings. The molecule has 0 aliphatic carbocycles. The molecule has 0 saturated carbocycles. The number of hydrazine groups is 1. The summed E-state index contributed by atoms with van der Waals surface area (Å²) in [4.78, 5) is 7.91. The fraction of sp³-hybridized carbons (Fsp3) is 0.500. The predicted molar refractivity (Wildman–Crippen MR) is 59.8 cm³/mol. The van der Waals surface area contributed by atoms with E-state index in [0.717, 1.165) is 0 Å². The van der Waals surface area contributed by atoms with Crippen molar-refractivity contribution in [2.45, 2.75) is 13.0 Å². The largest absolute Gasteiger partial charge is 0.380 e. The van der Waals surface area contributed by atoms with Crippen molar-refractivity contribution in [3.63, 3.8) is 0 Å². The summed E-state index contributed by atoms with van der Waals surface area (Å²) in [5.74, 6) is 6.02. The van der Waals surface area contributed by atoms with Crippen molar-refractivity contribution in [2.75, 3.05) is 24.4 Å². The molecule has 7 heteroatoms. The quantitative estimate of drug-likeness (QED) is 0.515. The lowest BCUT2D eigenvalue weighted by Crippen LogP contribution is -2.19. The van der Waals surface area contributed by atoms with Gasteiger partial charge in [-0.1, -0.05) is 11.6 Å². The van der Waals surface area contributed by atoms with E-state index in [2.05, 4.69) is 20.7 Å². The fourth-order valence-corrected chi connectivity index (χ4v) is 1.04. The highest BCUT2D eigenvalue weighted by atomic mass is 35.5. The summed E-state index contributed by atoms with van der Waals surface area (Å²) in [7, 11) is 1.64. The summed E-state index contributed by atoms with van der Waals surface area (Å²) in [5, 5.41) is 3.48. The van der Waals surface area contributed by atoms with Gasteiger partial charge in [-0.05, 0) is 6.92 Å². The molecule has 6 nitrogen and oxygen atoms in total. The Kier molecular flexibility index (Phi) is 4.54. The summed E-state index contributed by atoms with van der Waals surface area (Å²) >= 11 is 5.88. The first kappa shape index (κ1) is 12.0. The van der Waals surface area contributed by atoms with Crippen LogP contribution in [-0.2, 0) is 4.74 Å². The molecule has 1 rings (SSSR count). The summed E-state index contributed by atoms with van der Waals surface area (Å²) in [6.45, 7) is 2.54. The first-order valence-corrected chi connectivity index (χ1v) is 4.81. The van der Waals surface area contributed by atoms with Crippen molar-refractivity contribution in [2.24, 2.45) is 5.84 Å². The van der Waals surface area contributed by atoms with E-state index in [4.69, 9.17) is 22.2 Å². The van der Waals surface area contributed by atoms with Gasteiger partial charge in [-0.3, -0.25) is 5.43 Å². The molecular weight excluding hydrogens is 218 g/mol. The van der Waals surface area contributed by atoms with Crippen LogP contribution in [0.15, 0.2) is 6.20 Å². The molecule has 1 atom stereocenters. The van der Waals surface area contributed by atoms with Crippen LogP contribution in [-0.4, -0.2) is 29.7 Å². The zero-order chi connectivity index (χ0) is 11.3. The van der Waals surface area contributed by atoms with E-state index in [-0.39, 0.29) is 6.10 Å². The fourth-order valence-electron chi connectivity index (χ4n) is 0.884. The van der Waals surface area contributed by atoms with Gasteiger partial charge in [0.25, 0.3) is 0 Å². The minimum Gasteiger partial charge on any atom is -0.380 e. The number of nitrogens with two attached hydrogens (primary N) is 1. The maximum Gasteiger partial charge on any atom is 0.239 e. The van der Waals surface area contributed by atoms with Crippen molar-refractivity contribution in [3.8, 4) is 0 Å². The van der Waals surface area contributed by atoms with Crippen LogP contribution in [0.2, 0.25) is 5.02 Å². The molecule has 1 unspecified atom stereocenters. The van der Waals surface area contributed by atoms with E-state index in [0.29, 0.717) is 23.3 Å². The molecule has 15 heavy (non-hydrogen) atoms. The number of ether oxygens (including phenoxy) is 1. The summed E-state index contributed by atoms with van der Waals surface area (Å²) in [5.41, 5.74) is 2.34. The molecule has 1 heterocycles. The van der Waals surface area contributed by atoms with Gasteiger partial charge in [0.1, 0.15) is 5.02 Å². The second-order valence-electron chi connectivity index (χ2n) is 2.96. The maximum absolute atomic E-state index is 5.88. The van der Waals surface area contributed by atoms with Gasteiger partial charge in [-0.25, -0.2) is 10.8 Å². The van der Waals surface area contributed by atoms with E-state index in [1.165, 1.54) is 6.20 Å². The molecule has 84 valence electrons. The summed E-state index contributed by atoms with van der Waals surface area (Å²) in [6.07, 6.45) is 1.55. The first-order valence-electron chi connectivity index (χ1n) is 4.43. The third-order valence-corrected chi connectivity index (χ3v) is 2.11. The lowest BCUT2D eigenvalue weighted by Gasteiger charge is -2.12. The topological polar surface area (TPSA) is 85.1 Å². The van der Waals surface area contributed by atoms with E-state index >= 15 is 0 Å². The van der Waals surface area contributed by atoms with Crippen molar-refractivity contribution >= 4 is 23.4 Å². The molecule has 0 bridgehead atoms. The van der Waals surface area contributed by atoms with Crippen LogP contribution in [0.25, 0.3) is 0 Å². The van der Waals surface area contributed by atoms with Crippen LogP contribution < -0.4 is 16.6 Å². The SMILES string of the molecule is COC(C)CNc1nc(NN)ncc1Cl. The van der Waals surface area contributed by atoms with Crippen LogP contribution >= 0.6 is 11.6 Å². The molecule has 0 fully saturated rings. The highest BCUT2D eigenvalue weighted by Gasteiger charge is 2.06. The highest BCUT2D eigenvalue weighted by molar-refractivity contribution is 6.32. The number of rotatable bonds is 5. The Morgan fingerprint density at radius 2 is 2.40 bits per heavy atom. The lowest BCUT2D eigenvalue weighted by atomic mass is 10.4. The van der Waals surface area contributed by atoms with Crippen molar-refractivity contribution in [1.29, 1.82) is 0 Å². The van der Waals surface area contributed by atoms with Gasteiger partial charge in [0.2, 0.25) is 5.95 Å². The van der Waals surface area contributed by atoms with E-state index in [1.807, 2.05) is 6.92 Å². The Balaban J connectivity index is 2.66. The standard InChI is InChI=1S/C8H14ClN5O/c1-5(15-2)3-11-7-6(9)4-12-8(13-7)14-10/h4-5H,3,10H2,1-2H3,(H2,11,12,13,14). The molecule has 1 aromatic heterocycles. The van der Waals surface area contributed by atoms with Crippen LogP contribution in [0.1, 0.15) is 6.92 Å². The van der Waals surface area contributed by atoms with Crippen molar-refractivity contribution in [3.05, 3.63) is 11.2 Å². The third kappa shape index (κ3) is 3.50. The minimum absolute atomic E-state index is 0.0744. The van der Waals surface area contributed by atoms with Crippen molar-refractivity contribution in [1.82, 2.24) is 9.97 Å². The molecule has 0 spiro atoms. The zero-order valence-electron chi connectivity index (χ0n) is 8.62. The number of aromatic nitrogens is 2. The van der Waals surface area contributed by atoms with Crippen LogP contribution in [0.4, 0.5) is 11.8 Å². The second kappa shape index (κ2) is 5.69. The smallest absolute Gasteiger partial charge is 0.239 e. The van der Waals surface area contributed by atoms with Gasteiger partial charge in [0, 0.05) is 13.7 Å². The van der Waals surface area contributed by atoms with Gasteiger partial charge in [0.05, 0.1) is 12.3 Å². The monoisotopic (exact) mass is 231 g/mol.